The molecule has 1 amide bonds. The van der Waals surface area contributed by atoms with Gasteiger partial charge < -0.3 is 24.0 Å². The number of benzene rings is 1. The molecule has 0 bridgehead atoms. The number of Topliss-reactive ketones (excluding diaryl/α,β-unsaturated/α-hetero) is 1. The minimum atomic E-state index is -0.766. The van der Waals surface area contributed by atoms with Crippen LogP contribution >= 0.6 is 0 Å². The van der Waals surface area contributed by atoms with Crippen LogP contribution in [-0.2, 0) is 9.59 Å². The molecule has 1 N–H and O–H groups in total. The molecule has 1 aliphatic heterocycles. The topological polar surface area (TPSA) is 91.4 Å². The zero-order chi connectivity index (χ0) is 24.6. The van der Waals surface area contributed by atoms with Crippen LogP contribution < -0.4 is 14.7 Å². The second-order valence-corrected chi connectivity index (χ2v) is 8.86. The summed E-state index contributed by atoms with van der Waals surface area (Å²) in [5.41, 5.74) is 3.07. The van der Waals surface area contributed by atoms with Gasteiger partial charge in [0.05, 0.1) is 51.2 Å². The number of fused-ring (bicyclic) bond motifs is 1. The van der Waals surface area contributed by atoms with Crippen LogP contribution in [0.4, 0.5) is 0 Å². The number of carbonyl (C=O) groups is 2. The molecule has 178 valence electrons. The number of ketones is 1. The first-order chi connectivity index (χ1) is 16.2. The Morgan fingerprint density at radius 3 is 2.50 bits per heavy atom. The van der Waals surface area contributed by atoms with Gasteiger partial charge >= 0.3 is 0 Å². The lowest BCUT2D eigenvalue weighted by Gasteiger charge is -2.27. The smallest absolute Gasteiger partial charge is 0.295 e. The average molecular weight is 463 g/mol. The molecule has 3 heterocycles. The van der Waals surface area contributed by atoms with Gasteiger partial charge in [-0.05, 0) is 50.1 Å². The fourth-order valence-corrected chi connectivity index (χ4v) is 4.42. The van der Waals surface area contributed by atoms with E-state index < -0.39 is 23.5 Å². The van der Waals surface area contributed by atoms with Gasteiger partial charge in [-0.1, -0.05) is 24.0 Å². The first-order valence-corrected chi connectivity index (χ1v) is 11.5. The number of likely N-dealkylation sites (N-methyl/N-ethyl adjacent to an activating group) is 1. The molecule has 1 aromatic carbocycles. The molecule has 0 aliphatic carbocycles. The van der Waals surface area contributed by atoms with Crippen LogP contribution in [-0.4, -0.2) is 59.8 Å². The summed E-state index contributed by atoms with van der Waals surface area (Å²) in [5, 5.41) is 13.9. The molecule has 2 aromatic heterocycles. The Kier molecular flexibility index (Phi) is 6.43. The zero-order valence-electron chi connectivity index (χ0n) is 20.2. The van der Waals surface area contributed by atoms with Crippen LogP contribution in [0, 0.1) is 13.8 Å². The summed E-state index contributed by atoms with van der Waals surface area (Å²) in [6, 6.07) is 10.2. The quantitative estimate of drug-likeness (QED) is 0.317. The highest BCUT2D eigenvalue weighted by atomic mass is 16.5. The summed E-state index contributed by atoms with van der Waals surface area (Å²) >= 11 is 0. The monoisotopic (exact) mass is 462 g/mol. The number of ether oxygens (including phenoxy) is 1. The fraction of sp³-hybridized carbons (Fsp3) is 0.346. The number of imidazole rings is 1. The van der Waals surface area contributed by atoms with E-state index >= 15 is 0 Å². The highest BCUT2D eigenvalue weighted by molar-refractivity contribution is 6.46. The number of carbonyl (C=O) groups excluding carboxylic acids is 2. The van der Waals surface area contributed by atoms with Crippen molar-refractivity contribution < 1.29 is 24.3 Å². The highest BCUT2D eigenvalue weighted by Gasteiger charge is 2.44. The zero-order valence-corrected chi connectivity index (χ0v) is 20.2. The Hall–Kier alpha value is -3.65. The summed E-state index contributed by atoms with van der Waals surface area (Å²) in [5.74, 6) is -1.18. The number of aromatic nitrogens is 2. The molecule has 0 saturated carbocycles. The lowest BCUT2D eigenvalue weighted by atomic mass is 9.96. The number of pyridine rings is 1. The van der Waals surface area contributed by atoms with Crippen LogP contribution in [0.3, 0.4) is 0 Å². The van der Waals surface area contributed by atoms with Crippen LogP contribution in [0.15, 0.2) is 48.2 Å². The van der Waals surface area contributed by atoms with E-state index in [9.17, 15) is 14.7 Å². The van der Waals surface area contributed by atoms with Gasteiger partial charge in [-0.25, -0.2) is 4.98 Å². The van der Waals surface area contributed by atoms with Crippen molar-refractivity contribution in [2.75, 3.05) is 33.8 Å². The van der Waals surface area contributed by atoms with Crippen molar-refractivity contribution in [3.8, 4) is 5.75 Å². The number of hydrogen-bond donors (Lipinski definition) is 1. The summed E-state index contributed by atoms with van der Waals surface area (Å²) in [7, 11) is 3.96. The Labute approximate surface area is 199 Å². The van der Waals surface area contributed by atoms with E-state index in [1.807, 2.05) is 52.2 Å². The Morgan fingerprint density at radius 2 is 1.85 bits per heavy atom. The molecule has 3 aromatic rings. The predicted octanol–water partition coefficient (Wildman–Crippen LogP) is 0.718. The molecule has 0 spiro atoms. The summed E-state index contributed by atoms with van der Waals surface area (Å²) in [6.45, 7) is 7.09. The van der Waals surface area contributed by atoms with Gasteiger partial charge in [-0.3, -0.25) is 9.59 Å². The molecule has 8 nitrogen and oxygen atoms in total. The summed E-state index contributed by atoms with van der Waals surface area (Å²) in [6.07, 6.45) is 1.76. The van der Waals surface area contributed by atoms with Crippen molar-refractivity contribution in [1.82, 2.24) is 14.3 Å². The Bertz CT molecular complexity index is 1270. The molecule has 1 atom stereocenters. The third-order valence-electron chi connectivity index (χ3n) is 6.12. The van der Waals surface area contributed by atoms with Gasteiger partial charge in [0.15, 0.2) is 0 Å². The van der Waals surface area contributed by atoms with E-state index in [1.54, 1.807) is 29.7 Å². The average Bonchev–Trinajstić information content (AvgIpc) is 3.27. The summed E-state index contributed by atoms with van der Waals surface area (Å²) < 4.78 is 7.25. The SMILES string of the molecule is CCOc1ccc(C2/C(=C(\[O-])c3c(C)nc4c(C)cccn34)C(=O)C(=O)N2CC[NH+](C)C)cc1. The second-order valence-electron chi connectivity index (χ2n) is 8.86. The number of nitrogens with zero attached hydrogens (tertiary/aromatic N) is 3. The van der Waals surface area contributed by atoms with E-state index in [0.29, 0.717) is 48.0 Å². The maximum atomic E-state index is 13.9. The first-order valence-electron chi connectivity index (χ1n) is 11.5. The molecular weight excluding hydrogens is 432 g/mol. The number of aryl methyl sites for hydroxylation is 2. The van der Waals surface area contributed by atoms with Crippen LogP contribution in [0.1, 0.15) is 35.5 Å². The van der Waals surface area contributed by atoms with Crippen molar-refractivity contribution in [2.24, 2.45) is 0 Å². The highest BCUT2D eigenvalue weighted by Crippen LogP contribution is 2.39. The molecule has 34 heavy (non-hydrogen) atoms. The molecular formula is C26H30N4O4. The maximum Gasteiger partial charge on any atom is 0.295 e. The molecule has 1 fully saturated rings. The van der Waals surface area contributed by atoms with Gasteiger partial charge in [0, 0.05) is 11.8 Å². The molecule has 8 heteroatoms. The second kappa shape index (κ2) is 9.30. The predicted molar refractivity (Wildman–Crippen MR) is 126 cm³/mol. The van der Waals surface area contributed by atoms with E-state index in [1.165, 1.54) is 4.90 Å². The molecule has 0 radical (unpaired) electrons. The van der Waals surface area contributed by atoms with Crippen LogP contribution in [0.2, 0.25) is 0 Å². The Morgan fingerprint density at radius 1 is 1.15 bits per heavy atom. The van der Waals surface area contributed by atoms with Gasteiger partial charge in [0.2, 0.25) is 5.78 Å². The third kappa shape index (κ3) is 4.05. The molecule has 1 unspecified atom stereocenters. The lowest BCUT2D eigenvalue weighted by molar-refractivity contribution is -0.857. The number of likely N-dealkylation sites (tertiary alicyclic amines) is 1. The maximum absolute atomic E-state index is 13.9. The van der Waals surface area contributed by atoms with Gasteiger partial charge in [0.1, 0.15) is 11.4 Å². The minimum Gasteiger partial charge on any atom is -0.871 e. The van der Waals surface area contributed by atoms with Crippen LogP contribution in [0.25, 0.3) is 11.4 Å². The normalized spacial score (nSPS) is 17.8. The van der Waals surface area contributed by atoms with E-state index in [2.05, 4.69) is 4.98 Å². The van der Waals surface area contributed by atoms with E-state index in [-0.39, 0.29) is 5.57 Å². The van der Waals surface area contributed by atoms with Crippen LogP contribution in [0.5, 0.6) is 5.75 Å². The van der Waals surface area contributed by atoms with Crippen molar-refractivity contribution in [3.05, 3.63) is 70.7 Å². The number of quaternary nitrogens is 1. The third-order valence-corrected chi connectivity index (χ3v) is 6.12. The van der Waals surface area contributed by atoms with Gasteiger partial charge in [0.25, 0.3) is 5.91 Å². The standard InChI is InChI=1S/C26H30N4O4/c1-6-34-19-11-9-18(10-12-19)22-20(24(32)26(33)30(22)15-14-28(4)5)23(31)21-17(3)27-25-16(2)8-7-13-29(21)25/h7-13,22,31H,6,14-15H2,1-5H3/b23-20+. The Balaban J connectivity index is 1.90. The first kappa shape index (κ1) is 23.5. The van der Waals surface area contributed by atoms with Crippen molar-refractivity contribution in [2.45, 2.75) is 26.8 Å². The van der Waals surface area contributed by atoms with Crippen molar-refractivity contribution >= 4 is 23.1 Å². The number of nitrogens with one attached hydrogen (secondary N) is 1. The molecule has 1 aliphatic rings. The minimum absolute atomic E-state index is 0.0330. The fourth-order valence-electron chi connectivity index (χ4n) is 4.42. The van der Waals surface area contributed by atoms with Gasteiger partial charge in [-0.2, -0.15) is 0 Å². The number of amides is 1. The van der Waals surface area contributed by atoms with Gasteiger partial charge in [-0.15, -0.1) is 0 Å². The van der Waals surface area contributed by atoms with E-state index in [4.69, 9.17) is 4.74 Å². The summed E-state index contributed by atoms with van der Waals surface area (Å²) in [4.78, 5) is 33.6. The van der Waals surface area contributed by atoms with Crippen molar-refractivity contribution in [3.63, 3.8) is 0 Å². The molecule has 4 rings (SSSR count). The lowest BCUT2D eigenvalue weighted by Crippen LogP contribution is -3.06. The number of hydrogen-bond acceptors (Lipinski definition) is 5. The number of rotatable bonds is 7. The van der Waals surface area contributed by atoms with E-state index in [0.717, 1.165) is 10.5 Å². The van der Waals surface area contributed by atoms with Crippen molar-refractivity contribution in [1.29, 1.82) is 0 Å². The largest absolute Gasteiger partial charge is 0.871 e. The molecule has 1 saturated heterocycles.